The van der Waals surface area contributed by atoms with E-state index in [1.807, 2.05) is 138 Å². The van der Waals surface area contributed by atoms with Gasteiger partial charge in [-0.15, -0.1) is 0 Å². The van der Waals surface area contributed by atoms with Crippen molar-refractivity contribution < 1.29 is 8.78 Å². The van der Waals surface area contributed by atoms with E-state index in [0.29, 0.717) is 11.4 Å². The number of fused-ring (bicyclic) bond motifs is 6. The number of nitriles is 1. The lowest BCUT2D eigenvalue weighted by Crippen LogP contribution is -2.07. The predicted octanol–water partition coefficient (Wildman–Crippen LogP) is 15.2. The monoisotopic (exact) mass is 851 g/mol. The molecule has 0 bridgehead atoms. The third kappa shape index (κ3) is 6.27. The molecule has 0 aliphatic rings. The van der Waals surface area contributed by atoms with Crippen molar-refractivity contribution in [2.75, 3.05) is 0 Å². The highest BCUT2D eigenvalue weighted by Gasteiger charge is 2.27. The van der Waals surface area contributed by atoms with Gasteiger partial charge in [0, 0.05) is 50.6 Å². The lowest BCUT2D eigenvalue weighted by molar-refractivity contribution is 0.589. The molecule has 0 atom stereocenters. The van der Waals surface area contributed by atoms with Crippen LogP contribution < -0.4 is 0 Å². The van der Waals surface area contributed by atoms with Crippen LogP contribution in [0.1, 0.15) is 5.56 Å². The van der Waals surface area contributed by atoms with E-state index in [-0.39, 0.29) is 16.7 Å². The van der Waals surface area contributed by atoms with Crippen LogP contribution in [0.15, 0.2) is 213 Å². The summed E-state index contributed by atoms with van der Waals surface area (Å²) in [4.78, 5) is 9.36. The second-order valence-corrected chi connectivity index (χ2v) is 16.3. The van der Waals surface area contributed by atoms with Gasteiger partial charge in [0.15, 0.2) is 0 Å². The van der Waals surface area contributed by atoms with E-state index >= 15 is 8.78 Å². The first kappa shape index (κ1) is 38.7. The highest BCUT2D eigenvalue weighted by atomic mass is 19.1. The third-order valence-corrected chi connectivity index (χ3v) is 12.6. The molecule has 0 fully saturated rings. The van der Waals surface area contributed by atoms with Gasteiger partial charge in [0.05, 0.1) is 50.4 Å². The number of benzene rings is 8. The van der Waals surface area contributed by atoms with Gasteiger partial charge in [0.2, 0.25) is 0 Å². The van der Waals surface area contributed by atoms with Gasteiger partial charge in [-0.3, -0.25) is 9.97 Å². The number of hydrogen-bond donors (Lipinski definition) is 0. The summed E-state index contributed by atoms with van der Waals surface area (Å²) in [5.41, 5.74) is 12.1. The minimum absolute atomic E-state index is 0.212. The predicted molar refractivity (Wildman–Crippen MR) is 263 cm³/mol. The molecule has 0 spiro atoms. The van der Waals surface area contributed by atoms with Crippen LogP contribution in [0.5, 0.6) is 0 Å². The summed E-state index contributed by atoms with van der Waals surface area (Å²) < 4.78 is 36.7. The largest absolute Gasteiger partial charge is 0.308 e. The summed E-state index contributed by atoms with van der Waals surface area (Å²) in [6.07, 6.45) is 3.63. The van der Waals surface area contributed by atoms with E-state index in [1.165, 1.54) is 18.2 Å². The molecule has 0 saturated heterocycles. The van der Waals surface area contributed by atoms with Crippen LogP contribution in [0.2, 0.25) is 0 Å². The molecule has 0 aliphatic heterocycles. The van der Waals surface area contributed by atoms with Crippen LogP contribution in [0.25, 0.3) is 111 Å². The number of para-hydroxylation sites is 2. The van der Waals surface area contributed by atoms with Gasteiger partial charge in [0.25, 0.3) is 0 Å². The van der Waals surface area contributed by atoms with Crippen LogP contribution >= 0.6 is 0 Å². The van der Waals surface area contributed by atoms with Gasteiger partial charge < -0.3 is 9.13 Å². The first-order valence-corrected chi connectivity index (χ1v) is 21.7. The van der Waals surface area contributed by atoms with Gasteiger partial charge in [0.1, 0.15) is 23.3 Å². The quantitative estimate of drug-likeness (QED) is 0.160. The standard InChI is InChI=1S/C59H35F2N5/c60-49-18-11-19-50(61)58(49)47-26-27-55(65-53-20-9-7-16-43(53)45-24-22-39(34-56(45)65)41-28-30-63-51(32-41)37-12-3-1-4-13-37)48(36-62)59(47)66-54-21-10-8-17-44(54)46-25-23-40(35-57(46)66)42-29-31-64-52(33-42)38-14-5-2-6-15-38/h1-35H. The maximum atomic E-state index is 16.3. The summed E-state index contributed by atoms with van der Waals surface area (Å²) in [6.45, 7) is 0. The first-order valence-electron chi connectivity index (χ1n) is 21.7. The smallest absolute Gasteiger partial charge is 0.134 e. The number of rotatable bonds is 7. The van der Waals surface area contributed by atoms with Gasteiger partial charge in [-0.05, 0) is 95.1 Å². The van der Waals surface area contributed by atoms with Crippen molar-refractivity contribution in [1.82, 2.24) is 19.1 Å². The Labute approximate surface area is 378 Å². The van der Waals surface area contributed by atoms with Gasteiger partial charge >= 0.3 is 0 Å². The molecule has 12 aromatic rings. The van der Waals surface area contributed by atoms with Crippen molar-refractivity contribution >= 4 is 43.6 Å². The normalized spacial score (nSPS) is 11.5. The molecule has 0 unspecified atom stereocenters. The lowest BCUT2D eigenvalue weighted by Gasteiger charge is -2.20. The fraction of sp³-hybridized carbons (Fsp3) is 0. The molecule has 8 aromatic carbocycles. The molecule has 7 heteroatoms. The molecule has 0 radical (unpaired) electrons. The Morgan fingerprint density at radius 1 is 0.394 bits per heavy atom. The summed E-state index contributed by atoms with van der Waals surface area (Å²) >= 11 is 0. The molecule has 310 valence electrons. The second kappa shape index (κ2) is 15.7. The van der Waals surface area contributed by atoms with Crippen LogP contribution in [0.3, 0.4) is 0 Å². The van der Waals surface area contributed by atoms with Crippen molar-refractivity contribution in [3.05, 3.63) is 230 Å². The van der Waals surface area contributed by atoms with Crippen molar-refractivity contribution in [3.63, 3.8) is 0 Å². The number of pyridine rings is 2. The van der Waals surface area contributed by atoms with E-state index in [9.17, 15) is 5.26 Å². The third-order valence-electron chi connectivity index (χ3n) is 12.6. The van der Waals surface area contributed by atoms with Crippen molar-refractivity contribution in [2.24, 2.45) is 0 Å². The molecule has 5 nitrogen and oxygen atoms in total. The Hall–Kier alpha value is -8.99. The Bertz CT molecular complexity index is 3900. The molecule has 66 heavy (non-hydrogen) atoms. The SMILES string of the molecule is N#Cc1c(-n2c3ccccc3c3ccc(-c4ccnc(-c5ccccc5)c4)cc32)ccc(-c2c(F)cccc2F)c1-n1c2ccccc2c2ccc(-c3ccnc(-c4ccccc4)c3)cc21. The fourth-order valence-electron chi connectivity index (χ4n) is 9.62. The Kier molecular flexibility index (Phi) is 9.18. The van der Waals surface area contributed by atoms with Crippen LogP contribution in [-0.4, -0.2) is 19.1 Å². The zero-order valence-electron chi connectivity index (χ0n) is 35.2. The van der Waals surface area contributed by atoms with E-state index in [2.05, 4.69) is 75.2 Å². The summed E-state index contributed by atoms with van der Waals surface area (Å²) in [7, 11) is 0. The zero-order valence-corrected chi connectivity index (χ0v) is 35.2. The van der Waals surface area contributed by atoms with Gasteiger partial charge in [-0.1, -0.05) is 127 Å². The maximum absolute atomic E-state index is 16.3. The molecule has 12 rings (SSSR count). The molecular formula is C59H35F2N5. The zero-order chi connectivity index (χ0) is 44.3. The van der Waals surface area contributed by atoms with Crippen LogP contribution in [-0.2, 0) is 0 Å². The van der Waals surface area contributed by atoms with Crippen LogP contribution in [0.4, 0.5) is 8.78 Å². The van der Waals surface area contributed by atoms with Crippen molar-refractivity contribution in [2.45, 2.75) is 0 Å². The molecule has 4 aromatic heterocycles. The van der Waals surface area contributed by atoms with Crippen molar-refractivity contribution in [3.8, 4) is 73.3 Å². The molecule has 0 saturated carbocycles. The molecule has 0 N–H and O–H groups in total. The highest BCUT2D eigenvalue weighted by molar-refractivity contribution is 6.13. The molecular weight excluding hydrogens is 817 g/mol. The van der Waals surface area contributed by atoms with E-state index in [0.717, 1.165) is 88.4 Å². The Morgan fingerprint density at radius 2 is 0.864 bits per heavy atom. The minimum atomic E-state index is -0.728. The number of aromatic nitrogens is 4. The van der Waals surface area contributed by atoms with E-state index < -0.39 is 11.6 Å². The second-order valence-electron chi connectivity index (χ2n) is 16.3. The Morgan fingerprint density at radius 3 is 1.41 bits per heavy atom. The summed E-state index contributed by atoms with van der Waals surface area (Å²) in [6, 6.07) is 67.1. The highest BCUT2D eigenvalue weighted by Crippen LogP contribution is 2.44. The number of hydrogen-bond acceptors (Lipinski definition) is 3. The molecule has 0 aliphatic carbocycles. The number of halogens is 2. The van der Waals surface area contributed by atoms with E-state index in [4.69, 9.17) is 0 Å². The molecule has 4 heterocycles. The maximum Gasteiger partial charge on any atom is 0.134 e. The topological polar surface area (TPSA) is 59.4 Å². The first-order chi connectivity index (χ1) is 32.5. The van der Waals surface area contributed by atoms with Gasteiger partial charge in [-0.2, -0.15) is 5.26 Å². The van der Waals surface area contributed by atoms with Crippen molar-refractivity contribution in [1.29, 1.82) is 5.26 Å². The van der Waals surface area contributed by atoms with Gasteiger partial charge in [-0.25, -0.2) is 8.78 Å². The molecule has 0 amide bonds. The number of nitrogens with zero attached hydrogens (tertiary/aromatic N) is 5. The summed E-state index contributed by atoms with van der Waals surface area (Å²) in [5.74, 6) is -1.46. The average molecular weight is 852 g/mol. The fourth-order valence-corrected chi connectivity index (χ4v) is 9.62. The Balaban J connectivity index is 1.15. The van der Waals surface area contributed by atoms with Crippen LogP contribution in [0, 0.1) is 23.0 Å². The average Bonchev–Trinajstić information content (AvgIpc) is 3.88. The summed E-state index contributed by atoms with van der Waals surface area (Å²) in [5, 5.41) is 15.5. The minimum Gasteiger partial charge on any atom is -0.308 e. The van der Waals surface area contributed by atoms with E-state index in [1.54, 1.807) is 6.07 Å². The lowest BCUT2D eigenvalue weighted by atomic mass is 9.97.